The third-order valence-electron chi connectivity index (χ3n) is 4.50. The van der Waals surface area contributed by atoms with Gasteiger partial charge < -0.3 is 19.5 Å². The van der Waals surface area contributed by atoms with Gasteiger partial charge in [0.2, 0.25) is 6.79 Å². The second-order valence-electron chi connectivity index (χ2n) is 6.32. The van der Waals surface area contributed by atoms with E-state index >= 15 is 0 Å². The highest BCUT2D eigenvalue weighted by Crippen LogP contribution is 2.32. The third-order valence-corrected chi connectivity index (χ3v) is 4.50. The van der Waals surface area contributed by atoms with E-state index in [2.05, 4.69) is 5.32 Å². The van der Waals surface area contributed by atoms with Gasteiger partial charge in [-0.05, 0) is 37.5 Å². The molecule has 1 aromatic rings. The summed E-state index contributed by atoms with van der Waals surface area (Å²) in [5, 5.41) is 2.79. The van der Waals surface area contributed by atoms with Crippen molar-refractivity contribution in [1.29, 1.82) is 0 Å². The van der Waals surface area contributed by atoms with Crippen LogP contribution >= 0.6 is 0 Å². The Hall–Kier alpha value is -2.24. The van der Waals surface area contributed by atoms with Gasteiger partial charge in [0.15, 0.2) is 17.6 Å². The smallest absolute Gasteiger partial charge is 0.309 e. The first kappa shape index (κ1) is 16.6. The van der Waals surface area contributed by atoms with E-state index in [9.17, 15) is 9.59 Å². The number of carbonyl (C=O) groups excluding carboxylic acids is 2. The lowest BCUT2D eigenvalue weighted by molar-refractivity contribution is -0.159. The highest BCUT2D eigenvalue weighted by Gasteiger charge is 2.26. The summed E-state index contributed by atoms with van der Waals surface area (Å²) in [6.07, 6.45) is 4.24. The van der Waals surface area contributed by atoms with Gasteiger partial charge in [-0.3, -0.25) is 9.59 Å². The standard InChI is InChI=1S/C18H23NO5/c1-12(24-18(21)14-5-3-2-4-6-14)17(20)19-10-13-7-8-15-16(9-13)23-11-22-15/h7-9,12,14H,2-6,10-11H2,1H3,(H,19,20). The largest absolute Gasteiger partial charge is 0.454 e. The van der Waals surface area contributed by atoms with Crippen LogP contribution < -0.4 is 14.8 Å². The highest BCUT2D eigenvalue weighted by molar-refractivity contribution is 5.83. The lowest BCUT2D eigenvalue weighted by Crippen LogP contribution is -2.37. The molecular weight excluding hydrogens is 310 g/mol. The number of hydrogen-bond acceptors (Lipinski definition) is 5. The molecule has 1 unspecified atom stereocenters. The summed E-state index contributed by atoms with van der Waals surface area (Å²) in [6.45, 7) is 2.18. The zero-order valence-electron chi connectivity index (χ0n) is 13.9. The van der Waals surface area contributed by atoms with Gasteiger partial charge in [0.25, 0.3) is 5.91 Å². The first-order chi connectivity index (χ1) is 11.6. The Morgan fingerprint density at radius 2 is 1.96 bits per heavy atom. The fourth-order valence-corrected chi connectivity index (χ4v) is 3.05. The van der Waals surface area contributed by atoms with Gasteiger partial charge in [0.05, 0.1) is 5.92 Å². The molecule has 130 valence electrons. The minimum absolute atomic E-state index is 0.0529. The first-order valence-electron chi connectivity index (χ1n) is 8.50. The van der Waals surface area contributed by atoms with Crippen LogP contribution in [0.1, 0.15) is 44.6 Å². The molecule has 0 radical (unpaired) electrons. The molecule has 0 aromatic heterocycles. The Morgan fingerprint density at radius 3 is 2.75 bits per heavy atom. The van der Waals surface area contributed by atoms with Crippen molar-refractivity contribution in [1.82, 2.24) is 5.32 Å². The van der Waals surface area contributed by atoms with Crippen LogP contribution in [0.5, 0.6) is 11.5 Å². The topological polar surface area (TPSA) is 73.9 Å². The minimum Gasteiger partial charge on any atom is -0.454 e. The van der Waals surface area contributed by atoms with Crippen molar-refractivity contribution in [3.8, 4) is 11.5 Å². The van der Waals surface area contributed by atoms with Crippen molar-refractivity contribution in [2.24, 2.45) is 5.92 Å². The molecule has 0 bridgehead atoms. The van der Waals surface area contributed by atoms with Gasteiger partial charge in [0, 0.05) is 6.54 Å². The van der Waals surface area contributed by atoms with E-state index in [0.717, 1.165) is 31.2 Å². The molecule has 1 amide bonds. The lowest BCUT2D eigenvalue weighted by atomic mass is 9.89. The quantitative estimate of drug-likeness (QED) is 0.838. The number of benzene rings is 1. The normalized spacial score (nSPS) is 18.0. The van der Waals surface area contributed by atoms with Gasteiger partial charge >= 0.3 is 5.97 Å². The van der Waals surface area contributed by atoms with E-state index in [-0.39, 0.29) is 24.6 Å². The predicted octanol–water partition coefficient (Wildman–Crippen LogP) is 2.54. The van der Waals surface area contributed by atoms with Crippen LogP contribution in [0.3, 0.4) is 0 Å². The maximum absolute atomic E-state index is 12.1. The Labute approximate surface area is 141 Å². The van der Waals surface area contributed by atoms with Crippen molar-refractivity contribution in [2.75, 3.05) is 6.79 Å². The van der Waals surface area contributed by atoms with E-state index in [1.165, 1.54) is 6.42 Å². The molecule has 1 heterocycles. The number of carbonyl (C=O) groups is 2. The van der Waals surface area contributed by atoms with Crippen LogP contribution in [0, 0.1) is 5.92 Å². The van der Waals surface area contributed by atoms with Crippen molar-refractivity contribution < 1.29 is 23.8 Å². The molecule has 2 aliphatic rings. The van der Waals surface area contributed by atoms with Gasteiger partial charge in [-0.25, -0.2) is 0 Å². The maximum atomic E-state index is 12.1. The first-order valence-corrected chi connectivity index (χ1v) is 8.50. The summed E-state index contributed by atoms with van der Waals surface area (Å²) >= 11 is 0. The number of esters is 1. The molecule has 3 rings (SSSR count). The monoisotopic (exact) mass is 333 g/mol. The Morgan fingerprint density at radius 1 is 1.21 bits per heavy atom. The summed E-state index contributed by atoms with van der Waals surface area (Å²) in [6, 6.07) is 5.52. The van der Waals surface area contributed by atoms with Crippen LogP contribution in [-0.2, 0) is 20.9 Å². The van der Waals surface area contributed by atoms with Crippen molar-refractivity contribution >= 4 is 11.9 Å². The SMILES string of the molecule is CC(OC(=O)C1CCCCC1)C(=O)NCc1ccc2c(c1)OCO2. The molecule has 1 fully saturated rings. The van der Waals surface area contributed by atoms with E-state index in [1.54, 1.807) is 6.92 Å². The lowest BCUT2D eigenvalue weighted by Gasteiger charge is -2.22. The average Bonchev–Trinajstić information content (AvgIpc) is 3.08. The zero-order valence-corrected chi connectivity index (χ0v) is 13.9. The Bertz CT molecular complexity index is 609. The van der Waals surface area contributed by atoms with Crippen molar-refractivity contribution in [3.05, 3.63) is 23.8 Å². The molecule has 1 saturated carbocycles. The molecule has 1 aliphatic heterocycles. The van der Waals surface area contributed by atoms with E-state index in [4.69, 9.17) is 14.2 Å². The van der Waals surface area contributed by atoms with Crippen molar-refractivity contribution in [2.45, 2.75) is 51.7 Å². The molecule has 24 heavy (non-hydrogen) atoms. The second kappa shape index (κ2) is 7.55. The number of ether oxygens (including phenoxy) is 3. The van der Waals surface area contributed by atoms with E-state index < -0.39 is 6.10 Å². The number of amides is 1. The van der Waals surface area contributed by atoms with Crippen LogP contribution in [0.15, 0.2) is 18.2 Å². The van der Waals surface area contributed by atoms with Gasteiger partial charge in [0.1, 0.15) is 0 Å². The van der Waals surface area contributed by atoms with E-state index in [0.29, 0.717) is 18.0 Å². The summed E-state index contributed by atoms with van der Waals surface area (Å²) in [4.78, 5) is 24.2. The van der Waals surface area contributed by atoms with Crippen LogP contribution in [0.4, 0.5) is 0 Å². The number of nitrogens with one attached hydrogen (secondary N) is 1. The summed E-state index contributed by atoms with van der Waals surface area (Å²) in [5.41, 5.74) is 0.901. The van der Waals surface area contributed by atoms with Crippen molar-refractivity contribution in [3.63, 3.8) is 0 Å². The Balaban J connectivity index is 1.46. The Kier molecular flexibility index (Phi) is 5.23. The molecule has 1 N–H and O–H groups in total. The van der Waals surface area contributed by atoms with E-state index in [1.807, 2.05) is 18.2 Å². The van der Waals surface area contributed by atoms with Gasteiger partial charge in [-0.1, -0.05) is 25.3 Å². The zero-order chi connectivity index (χ0) is 16.9. The van der Waals surface area contributed by atoms with Crippen LogP contribution in [-0.4, -0.2) is 24.8 Å². The predicted molar refractivity (Wildman–Crippen MR) is 86.5 cm³/mol. The highest BCUT2D eigenvalue weighted by atomic mass is 16.7. The average molecular weight is 333 g/mol. The minimum atomic E-state index is -0.784. The van der Waals surface area contributed by atoms with Crippen LogP contribution in [0.25, 0.3) is 0 Å². The maximum Gasteiger partial charge on any atom is 0.309 e. The van der Waals surface area contributed by atoms with Crippen LogP contribution in [0.2, 0.25) is 0 Å². The van der Waals surface area contributed by atoms with Gasteiger partial charge in [-0.2, -0.15) is 0 Å². The second-order valence-corrected chi connectivity index (χ2v) is 6.32. The molecule has 1 aromatic carbocycles. The summed E-state index contributed by atoms with van der Waals surface area (Å²) in [5.74, 6) is 0.790. The number of hydrogen-bond donors (Lipinski definition) is 1. The van der Waals surface area contributed by atoms with Gasteiger partial charge in [-0.15, -0.1) is 0 Å². The summed E-state index contributed by atoms with van der Waals surface area (Å²) < 4.78 is 15.9. The number of fused-ring (bicyclic) bond motifs is 1. The molecule has 0 spiro atoms. The molecule has 1 atom stereocenters. The molecular formula is C18H23NO5. The third kappa shape index (κ3) is 3.99. The number of rotatable bonds is 5. The fraction of sp³-hybridized carbons (Fsp3) is 0.556. The fourth-order valence-electron chi connectivity index (χ4n) is 3.05. The molecule has 6 heteroatoms. The molecule has 0 saturated heterocycles. The summed E-state index contributed by atoms with van der Waals surface area (Å²) in [7, 11) is 0. The molecule has 6 nitrogen and oxygen atoms in total. The molecule has 1 aliphatic carbocycles.